The van der Waals surface area contributed by atoms with E-state index in [1.54, 1.807) is 12.1 Å². The van der Waals surface area contributed by atoms with Crippen molar-refractivity contribution in [1.29, 1.82) is 0 Å². The highest BCUT2D eigenvalue weighted by Gasteiger charge is 2.19. The number of nitrogens with one attached hydrogen (secondary N) is 4. The van der Waals surface area contributed by atoms with E-state index in [1.807, 2.05) is 0 Å². The number of benzene rings is 2. The van der Waals surface area contributed by atoms with Gasteiger partial charge in [-0.15, -0.1) is 0 Å². The van der Waals surface area contributed by atoms with Crippen LogP contribution in [-0.4, -0.2) is 50.8 Å². The second kappa shape index (κ2) is 8.32. The van der Waals surface area contributed by atoms with Gasteiger partial charge >= 0.3 is 5.69 Å². The minimum absolute atomic E-state index is 0.0317. The maximum Gasteiger partial charge on any atom is 0.323 e. The van der Waals surface area contributed by atoms with Crippen molar-refractivity contribution >= 4 is 42.5 Å². The molecule has 4 N–H and O–H groups in total. The average molecular weight is 453 g/mol. The van der Waals surface area contributed by atoms with Crippen LogP contribution in [0.25, 0.3) is 11.0 Å². The lowest BCUT2D eigenvalue weighted by Crippen LogP contribution is -2.30. The van der Waals surface area contributed by atoms with Crippen LogP contribution in [0.4, 0.5) is 5.69 Å². The lowest BCUT2D eigenvalue weighted by Gasteiger charge is -2.13. The van der Waals surface area contributed by atoms with Crippen LogP contribution in [0, 0.1) is 0 Å². The van der Waals surface area contributed by atoms with E-state index < -0.39 is 31.5 Å². The minimum atomic E-state index is -4.06. The van der Waals surface area contributed by atoms with Gasteiger partial charge in [0.1, 0.15) is 0 Å². The van der Waals surface area contributed by atoms with E-state index in [0.29, 0.717) is 11.0 Å². The van der Waals surface area contributed by atoms with Crippen LogP contribution in [0.15, 0.2) is 52.2 Å². The number of fused-ring (bicyclic) bond motifs is 1. The number of sulfonamides is 1. The maximum atomic E-state index is 12.8. The fourth-order valence-electron chi connectivity index (χ4n) is 2.71. The normalized spacial score (nSPS) is 12.0. The SMILES string of the molecule is CCS(=O)(=O)CCNC(=O)c1ccccc1NS(=O)(=O)c1ccc2[nH]c(=O)[nH]c2c1. The van der Waals surface area contributed by atoms with Crippen molar-refractivity contribution < 1.29 is 21.6 Å². The van der Waals surface area contributed by atoms with E-state index in [0.717, 1.165) is 0 Å². The molecule has 0 aliphatic heterocycles. The van der Waals surface area contributed by atoms with E-state index in [2.05, 4.69) is 20.0 Å². The fourth-order valence-corrected chi connectivity index (χ4v) is 4.52. The Kier molecular flexibility index (Phi) is 5.99. The van der Waals surface area contributed by atoms with Crippen LogP contribution in [0.1, 0.15) is 17.3 Å². The Labute approximate surface area is 172 Å². The molecule has 3 aromatic rings. The first-order chi connectivity index (χ1) is 14.1. The molecule has 0 saturated heterocycles. The molecule has 1 heterocycles. The van der Waals surface area contributed by atoms with Gasteiger partial charge in [-0.05, 0) is 30.3 Å². The number of amides is 1. The molecule has 1 amide bonds. The minimum Gasteiger partial charge on any atom is -0.351 e. The first kappa shape index (κ1) is 21.6. The van der Waals surface area contributed by atoms with Gasteiger partial charge in [-0.25, -0.2) is 21.6 Å². The molecule has 0 spiro atoms. The summed E-state index contributed by atoms with van der Waals surface area (Å²) in [5.74, 6) is -0.849. The van der Waals surface area contributed by atoms with Gasteiger partial charge in [0.15, 0.2) is 9.84 Å². The fraction of sp³-hybridized carbons (Fsp3) is 0.222. The van der Waals surface area contributed by atoms with Gasteiger partial charge in [0, 0.05) is 12.3 Å². The van der Waals surface area contributed by atoms with Gasteiger partial charge in [0.2, 0.25) is 0 Å². The first-order valence-electron chi connectivity index (χ1n) is 8.94. The number of rotatable bonds is 8. The third-order valence-corrected chi connectivity index (χ3v) is 7.42. The molecular weight excluding hydrogens is 432 g/mol. The molecule has 160 valence electrons. The molecule has 0 radical (unpaired) electrons. The highest BCUT2D eigenvalue weighted by molar-refractivity contribution is 7.92. The summed E-state index contributed by atoms with van der Waals surface area (Å²) in [6.45, 7) is 1.43. The number of H-pyrrole nitrogens is 2. The molecule has 0 aliphatic carbocycles. The summed E-state index contributed by atoms with van der Waals surface area (Å²) in [5.41, 5.74) is 0.411. The molecular formula is C18H20N4O6S2. The number of hydrogen-bond donors (Lipinski definition) is 4. The zero-order chi connectivity index (χ0) is 21.9. The smallest absolute Gasteiger partial charge is 0.323 e. The third-order valence-electron chi connectivity index (χ3n) is 4.35. The molecule has 0 atom stereocenters. The summed E-state index contributed by atoms with van der Waals surface area (Å²) in [6.07, 6.45) is 0. The number of sulfone groups is 1. The zero-order valence-electron chi connectivity index (χ0n) is 15.9. The van der Waals surface area contributed by atoms with Crippen molar-refractivity contribution in [2.75, 3.05) is 22.8 Å². The molecule has 1 aromatic heterocycles. The Morgan fingerprint density at radius 1 is 1.00 bits per heavy atom. The second-order valence-electron chi connectivity index (χ2n) is 6.43. The molecule has 30 heavy (non-hydrogen) atoms. The largest absolute Gasteiger partial charge is 0.351 e. The van der Waals surface area contributed by atoms with Crippen molar-refractivity contribution in [2.24, 2.45) is 0 Å². The monoisotopic (exact) mass is 452 g/mol. The maximum absolute atomic E-state index is 12.8. The summed E-state index contributed by atoms with van der Waals surface area (Å²) in [4.78, 5) is 28.7. The Morgan fingerprint density at radius 3 is 2.43 bits per heavy atom. The van der Waals surface area contributed by atoms with E-state index in [1.165, 1.54) is 37.3 Å². The molecule has 3 rings (SSSR count). The first-order valence-corrected chi connectivity index (χ1v) is 12.2. The number of aromatic amines is 2. The number of hydrogen-bond acceptors (Lipinski definition) is 6. The molecule has 0 unspecified atom stereocenters. The van der Waals surface area contributed by atoms with Gasteiger partial charge in [-0.3, -0.25) is 9.52 Å². The van der Waals surface area contributed by atoms with E-state index in [4.69, 9.17) is 0 Å². The van der Waals surface area contributed by atoms with Crippen LogP contribution in [0.2, 0.25) is 0 Å². The molecule has 12 heteroatoms. The summed E-state index contributed by atoms with van der Waals surface area (Å²) in [6, 6.07) is 10.0. The lowest BCUT2D eigenvalue weighted by atomic mass is 10.2. The van der Waals surface area contributed by atoms with Crippen molar-refractivity contribution in [1.82, 2.24) is 15.3 Å². The average Bonchev–Trinajstić information content (AvgIpc) is 3.07. The third kappa shape index (κ3) is 4.89. The van der Waals surface area contributed by atoms with Crippen LogP contribution >= 0.6 is 0 Å². The summed E-state index contributed by atoms with van der Waals surface area (Å²) >= 11 is 0. The Balaban J connectivity index is 1.82. The lowest BCUT2D eigenvalue weighted by molar-refractivity contribution is 0.0957. The van der Waals surface area contributed by atoms with Crippen LogP contribution in [0.3, 0.4) is 0 Å². The van der Waals surface area contributed by atoms with Gasteiger partial charge in [-0.1, -0.05) is 19.1 Å². The van der Waals surface area contributed by atoms with Gasteiger partial charge in [-0.2, -0.15) is 0 Å². The number of para-hydroxylation sites is 1. The quantitative estimate of drug-likeness (QED) is 0.396. The molecule has 0 fully saturated rings. The Bertz CT molecular complexity index is 1360. The van der Waals surface area contributed by atoms with Crippen LogP contribution in [-0.2, 0) is 19.9 Å². The highest BCUT2D eigenvalue weighted by atomic mass is 32.2. The molecule has 2 aromatic carbocycles. The second-order valence-corrected chi connectivity index (χ2v) is 10.6. The Morgan fingerprint density at radius 2 is 1.70 bits per heavy atom. The molecule has 0 aliphatic rings. The number of imidazole rings is 1. The van der Waals surface area contributed by atoms with Crippen LogP contribution in [0.5, 0.6) is 0 Å². The summed E-state index contributed by atoms with van der Waals surface area (Å²) in [7, 11) is -7.30. The predicted molar refractivity (Wildman–Crippen MR) is 113 cm³/mol. The van der Waals surface area contributed by atoms with Gasteiger partial charge < -0.3 is 15.3 Å². The van der Waals surface area contributed by atoms with Crippen molar-refractivity contribution in [3.63, 3.8) is 0 Å². The predicted octanol–water partition coefficient (Wildman–Crippen LogP) is 0.821. The van der Waals surface area contributed by atoms with Crippen molar-refractivity contribution in [3.8, 4) is 0 Å². The summed E-state index contributed by atoms with van der Waals surface area (Å²) < 4.78 is 51.1. The number of anilines is 1. The Hall–Kier alpha value is -3.12. The van der Waals surface area contributed by atoms with E-state index in [-0.39, 0.29) is 34.2 Å². The van der Waals surface area contributed by atoms with E-state index in [9.17, 15) is 26.4 Å². The summed E-state index contributed by atoms with van der Waals surface area (Å²) in [5, 5.41) is 2.49. The molecule has 0 bridgehead atoms. The number of carbonyl (C=O) groups excluding carboxylic acids is 1. The molecule has 0 saturated carbocycles. The van der Waals surface area contributed by atoms with E-state index >= 15 is 0 Å². The van der Waals surface area contributed by atoms with Crippen molar-refractivity contribution in [3.05, 3.63) is 58.5 Å². The standard InChI is InChI=1S/C18H20N4O6S2/c1-2-29(25,26)10-9-19-17(23)13-5-3-4-6-14(13)22-30(27,28)12-7-8-15-16(11-12)21-18(24)20-15/h3-8,11,22H,2,9-10H2,1H3,(H,19,23)(H2,20,21,24). The van der Waals surface area contributed by atoms with Gasteiger partial charge in [0.05, 0.1) is 32.9 Å². The van der Waals surface area contributed by atoms with Crippen molar-refractivity contribution in [2.45, 2.75) is 11.8 Å². The number of carbonyl (C=O) groups is 1. The van der Waals surface area contributed by atoms with Crippen LogP contribution < -0.4 is 15.7 Å². The number of aromatic nitrogens is 2. The molecule has 10 nitrogen and oxygen atoms in total. The van der Waals surface area contributed by atoms with Gasteiger partial charge in [0.25, 0.3) is 15.9 Å². The topological polar surface area (TPSA) is 158 Å². The zero-order valence-corrected chi connectivity index (χ0v) is 17.6. The highest BCUT2D eigenvalue weighted by Crippen LogP contribution is 2.22.